The van der Waals surface area contributed by atoms with E-state index in [0.717, 1.165) is 38.4 Å². The highest BCUT2D eigenvalue weighted by atomic mass is 127. The maximum atomic E-state index is 10.6. The smallest absolute Gasteiger partial charge is 0.191 e. The molecule has 26 heavy (non-hydrogen) atoms. The van der Waals surface area contributed by atoms with Crippen molar-refractivity contribution in [3.63, 3.8) is 0 Å². The Labute approximate surface area is 174 Å². The van der Waals surface area contributed by atoms with E-state index in [9.17, 15) is 5.11 Å². The van der Waals surface area contributed by atoms with Crippen molar-refractivity contribution < 1.29 is 9.52 Å². The number of hydrogen-bond acceptors (Lipinski definition) is 4. The van der Waals surface area contributed by atoms with Gasteiger partial charge in [-0.15, -0.1) is 24.0 Å². The Morgan fingerprint density at radius 1 is 1.38 bits per heavy atom. The summed E-state index contributed by atoms with van der Waals surface area (Å²) >= 11 is 0. The highest BCUT2D eigenvalue weighted by Gasteiger charge is 2.26. The van der Waals surface area contributed by atoms with Gasteiger partial charge in [0.15, 0.2) is 5.96 Å². The Bertz CT molecular complexity index is 512. The largest absolute Gasteiger partial charge is 0.466 e. The molecule has 3 N–H and O–H groups in total. The van der Waals surface area contributed by atoms with Gasteiger partial charge in [0.2, 0.25) is 0 Å². The molecule has 2 heterocycles. The van der Waals surface area contributed by atoms with Crippen molar-refractivity contribution in [3.05, 3.63) is 24.2 Å². The second kappa shape index (κ2) is 11.8. The molecule has 6 nitrogen and oxygen atoms in total. The van der Waals surface area contributed by atoms with E-state index in [1.54, 1.807) is 25.3 Å². The van der Waals surface area contributed by atoms with E-state index < -0.39 is 5.60 Å². The minimum Gasteiger partial charge on any atom is -0.466 e. The van der Waals surface area contributed by atoms with Gasteiger partial charge in [-0.05, 0) is 51.8 Å². The molecule has 1 aliphatic heterocycles. The van der Waals surface area contributed by atoms with Crippen LogP contribution in [0.4, 0.5) is 0 Å². The molecule has 1 aromatic rings. The number of likely N-dealkylation sites (tertiary alicyclic amines) is 1. The molecule has 1 aliphatic rings. The predicted octanol–water partition coefficient (Wildman–Crippen LogP) is 2.92. The lowest BCUT2D eigenvalue weighted by Gasteiger charge is -2.33. The number of aliphatic hydroxyl groups is 1. The fourth-order valence-electron chi connectivity index (χ4n) is 3.09. The number of nitrogens with one attached hydrogen (secondary N) is 2. The van der Waals surface area contributed by atoms with Crippen LogP contribution in [0.15, 0.2) is 27.8 Å². The zero-order valence-corrected chi connectivity index (χ0v) is 18.7. The second-order valence-electron chi connectivity index (χ2n) is 7.06. The lowest BCUT2D eigenvalue weighted by atomic mass is 10.0. The number of guanidine groups is 1. The van der Waals surface area contributed by atoms with Crippen molar-refractivity contribution in [2.45, 2.75) is 58.1 Å². The maximum absolute atomic E-state index is 10.6. The van der Waals surface area contributed by atoms with E-state index in [1.807, 2.05) is 0 Å². The number of rotatable bonds is 8. The lowest BCUT2D eigenvalue weighted by Crippen LogP contribution is -2.49. The first kappa shape index (κ1) is 23.2. The molecule has 7 heteroatoms. The van der Waals surface area contributed by atoms with Crippen molar-refractivity contribution in [1.29, 1.82) is 0 Å². The monoisotopic (exact) mass is 478 g/mol. The summed E-state index contributed by atoms with van der Waals surface area (Å²) in [7, 11) is 0. The van der Waals surface area contributed by atoms with Crippen LogP contribution in [-0.4, -0.2) is 54.7 Å². The van der Waals surface area contributed by atoms with Crippen LogP contribution in [0, 0.1) is 0 Å². The third-order valence-corrected chi connectivity index (χ3v) is 4.70. The fraction of sp³-hybridized carbons (Fsp3) is 0.737. The topological polar surface area (TPSA) is 73.0 Å². The van der Waals surface area contributed by atoms with E-state index in [1.165, 1.54) is 19.4 Å². The van der Waals surface area contributed by atoms with Crippen molar-refractivity contribution in [3.8, 4) is 0 Å². The molecular weight excluding hydrogens is 443 g/mol. The van der Waals surface area contributed by atoms with Gasteiger partial charge in [-0.1, -0.05) is 13.3 Å². The SMILES string of the molecule is CCCCN1CCC(NC(=NCC(C)(O)c2ccco2)NCC)CC1.I. The molecule has 1 saturated heterocycles. The van der Waals surface area contributed by atoms with Crippen LogP contribution in [0.25, 0.3) is 0 Å². The number of hydrogen-bond donors (Lipinski definition) is 3. The van der Waals surface area contributed by atoms with Crippen LogP contribution in [0.3, 0.4) is 0 Å². The molecule has 0 saturated carbocycles. The normalized spacial score (nSPS) is 18.8. The summed E-state index contributed by atoms with van der Waals surface area (Å²) in [6.45, 7) is 10.6. The van der Waals surface area contributed by atoms with Crippen molar-refractivity contribution in [2.75, 3.05) is 32.7 Å². The van der Waals surface area contributed by atoms with Crippen molar-refractivity contribution >= 4 is 29.9 Å². The summed E-state index contributed by atoms with van der Waals surface area (Å²) < 4.78 is 5.32. The first-order valence-corrected chi connectivity index (χ1v) is 9.58. The highest BCUT2D eigenvalue weighted by molar-refractivity contribution is 14.0. The van der Waals surface area contributed by atoms with Gasteiger partial charge in [-0.25, -0.2) is 4.99 Å². The van der Waals surface area contributed by atoms with Crippen LogP contribution >= 0.6 is 24.0 Å². The fourth-order valence-corrected chi connectivity index (χ4v) is 3.09. The molecule has 1 unspecified atom stereocenters. The maximum Gasteiger partial charge on any atom is 0.191 e. The van der Waals surface area contributed by atoms with Gasteiger partial charge >= 0.3 is 0 Å². The van der Waals surface area contributed by atoms with Crippen LogP contribution in [0.5, 0.6) is 0 Å². The van der Waals surface area contributed by atoms with E-state index in [2.05, 4.69) is 34.4 Å². The van der Waals surface area contributed by atoms with E-state index in [-0.39, 0.29) is 30.5 Å². The summed E-state index contributed by atoms with van der Waals surface area (Å²) in [6.07, 6.45) is 6.36. The molecule has 2 rings (SSSR count). The van der Waals surface area contributed by atoms with Crippen LogP contribution in [0.2, 0.25) is 0 Å². The summed E-state index contributed by atoms with van der Waals surface area (Å²) in [5, 5.41) is 17.4. The van der Waals surface area contributed by atoms with Gasteiger partial charge in [-0.3, -0.25) is 0 Å². The van der Waals surface area contributed by atoms with Crippen molar-refractivity contribution in [1.82, 2.24) is 15.5 Å². The molecular formula is C19H35IN4O2. The van der Waals surface area contributed by atoms with Gasteiger partial charge in [0, 0.05) is 25.7 Å². The van der Waals surface area contributed by atoms with E-state index in [0.29, 0.717) is 11.8 Å². The minimum atomic E-state index is -1.10. The summed E-state index contributed by atoms with van der Waals surface area (Å²) in [4.78, 5) is 7.12. The van der Waals surface area contributed by atoms with Crippen LogP contribution in [-0.2, 0) is 5.60 Å². The lowest BCUT2D eigenvalue weighted by molar-refractivity contribution is 0.0436. The Kier molecular flexibility index (Phi) is 10.6. The zero-order valence-electron chi connectivity index (χ0n) is 16.3. The Balaban J connectivity index is 0.00000338. The first-order valence-electron chi connectivity index (χ1n) is 9.58. The quantitative estimate of drug-likeness (QED) is 0.305. The third kappa shape index (κ3) is 7.44. The van der Waals surface area contributed by atoms with E-state index >= 15 is 0 Å². The number of aliphatic imine (C=N–C) groups is 1. The molecule has 0 amide bonds. The molecule has 1 fully saturated rings. The standard InChI is InChI=1S/C19H34N4O2.HI/c1-4-6-11-23-12-9-16(10-13-23)22-18(20-5-2)21-15-19(3,24)17-8-7-14-25-17;/h7-8,14,16,24H,4-6,9-13,15H2,1-3H3,(H2,20,21,22);1H. The summed E-state index contributed by atoms with van der Waals surface area (Å²) in [6, 6.07) is 4.00. The molecule has 1 atom stereocenters. The highest BCUT2D eigenvalue weighted by Crippen LogP contribution is 2.21. The average Bonchev–Trinajstić information content (AvgIpc) is 3.15. The number of halogens is 1. The predicted molar refractivity (Wildman–Crippen MR) is 117 cm³/mol. The molecule has 0 bridgehead atoms. The van der Waals surface area contributed by atoms with E-state index in [4.69, 9.17) is 4.42 Å². The third-order valence-electron chi connectivity index (χ3n) is 4.70. The minimum absolute atomic E-state index is 0. The Morgan fingerprint density at radius 2 is 2.12 bits per heavy atom. The van der Waals surface area contributed by atoms with Crippen LogP contribution < -0.4 is 10.6 Å². The average molecular weight is 478 g/mol. The van der Waals surface area contributed by atoms with Gasteiger partial charge in [0.25, 0.3) is 0 Å². The van der Waals surface area contributed by atoms with Gasteiger partial charge in [0.05, 0.1) is 12.8 Å². The number of unbranched alkanes of at least 4 members (excludes halogenated alkanes) is 1. The summed E-state index contributed by atoms with van der Waals surface area (Å²) in [5.41, 5.74) is -1.10. The second-order valence-corrected chi connectivity index (χ2v) is 7.06. The number of piperidine rings is 1. The zero-order chi connectivity index (χ0) is 18.1. The Morgan fingerprint density at radius 3 is 2.69 bits per heavy atom. The molecule has 0 aliphatic carbocycles. The molecule has 1 aromatic heterocycles. The molecule has 150 valence electrons. The van der Waals surface area contributed by atoms with Crippen molar-refractivity contribution in [2.24, 2.45) is 4.99 Å². The van der Waals surface area contributed by atoms with Gasteiger partial charge in [0.1, 0.15) is 11.4 Å². The number of nitrogens with zero attached hydrogens (tertiary/aromatic N) is 2. The van der Waals surface area contributed by atoms with Crippen LogP contribution in [0.1, 0.15) is 52.2 Å². The molecule has 0 spiro atoms. The van der Waals surface area contributed by atoms with Gasteiger partial charge in [-0.2, -0.15) is 0 Å². The molecule has 0 radical (unpaired) electrons. The number of furan rings is 1. The first-order chi connectivity index (χ1) is 12.0. The Hall–Kier alpha value is -0.800. The molecule has 0 aromatic carbocycles. The summed E-state index contributed by atoms with van der Waals surface area (Å²) in [5.74, 6) is 1.30. The van der Waals surface area contributed by atoms with Gasteiger partial charge < -0.3 is 25.1 Å².